The molecular weight excluding hydrogens is 218 g/mol. The molecule has 0 aromatic heterocycles. The second kappa shape index (κ2) is 3.21. The number of nitriles is 1. The van der Waals surface area contributed by atoms with E-state index in [1.165, 1.54) is 16.2 Å². The van der Waals surface area contributed by atoms with Crippen LogP contribution in [0.4, 0.5) is 0 Å². The Balaban J connectivity index is 2.48. The van der Waals surface area contributed by atoms with Gasteiger partial charge in [0, 0.05) is 5.39 Å². The Morgan fingerprint density at radius 3 is 2.50 bits per heavy atom. The predicted octanol–water partition coefficient (Wildman–Crippen LogP) is 4.26. The fourth-order valence-corrected chi connectivity index (χ4v) is 2.77. The van der Waals surface area contributed by atoms with Gasteiger partial charge in [0.05, 0.1) is 11.6 Å². The average molecular weight is 226 g/mol. The molecule has 0 saturated heterocycles. The van der Waals surface area contributed by atoms with Gasteiger partial charge in [0.15, 0.2) is 0 Å². The van der Waals surface area contributed by atoms with E-state index in [0.717, 1.165) is 16.2 Å². The largest absolute Gasteiger partial charge is 0.192 e. The molecule has 0 saturated carbocycles. The fourth-order valence-electron chi connectivity index (χ4n) is 2.77. The zero-order valence-electron chi connectivity index (χ0n) is 9.57. The smallest absolute Gasteiger partial charge is 0.0998 e. The second-order valence-corrected chi connectivity index (χ2v) is 4.50. The molecule has 18 heavy (non-hydrogen) atoms. The number of rotatable bonds is 0. The van der Waals surface area contributed by atoms with Gasteiger partial charge in [-0.15, -0.1) is 0 Å². The summed E-state index contributed by atoms with van der Waals surface area (Å²) in [6.45, 7) is 0. The van der Waals surface area contributed by atoms with Crippen molar-refractivity contribution < 1.29 is 0 Å². The lowest BCUT2D eigenvalue weighted by Crippen LogP contribution is -1.87. The van der Waals surface area contributed by atoms with Crippen LogP contribution in [0.2, 0.25) is 0 Å². The third kappa shape index (κ3) is 1.05. The topological polar surface area (TPSA) is 23.8 Å². The van der Waals surface area contributed by atoms with Gasteiger partial charge >= 0.3 is 0 Å². The van der Waals surface area contributed by atoms with Crippen LogP contribution in [0.3, 0.4) is 0 Å². The van der Waals surface area contributed by atoms with Crippen molar-refractivity contribution in [3.63, 3.8) is 0 Å². The highest BCUT2D eigenvalue weighted by Gasteiger charge is 2.10. The van der Waals surface area contributed by atoms with Crippen molar-refractivity contribution in [3.8, 4) is 6.07 Å². The van der Waals surface area contributed by atoms with Gasteiger partial charge in [0.2, 0.25) is 0 Å². The first kappa shape index (κ1) is 9.44. The zero-order valence-corrected chi connectivity index (χ0v) is 9.57. The van der Waals surface area contributed by atoms with Crippen LogP contribution in [-0.4, -0.2) is 0 Å². The Labute approximate surface area is 104 Å². The quantitative estimate of drug-likeness (QED) is 0.411. The molecule has 4 aromatic carbocycles. The van der Waals surface area contributed by atoms with Gasteiger partial charge in [-0.2, -0.15) is 5.26 Å². The summed E-state index contributed by atoms with van der Waals surface area (Å²) in [5, 5.41) is 16.1. The fraction of sp³-hybridized carbons (Fsp3) is 0. The Morgan fingerprint density at radius 2 is 1.67 bits per heavy atom. The summed E-state index contributed by atoms with van der Waals surface area (Å²) in [5.41, 5.74) is 0.701. The minimum atomic E-state index is 0.701. The Kier molecular flexibility index (Phi) is 1.68. The third-order valence-electron chi connectivity index (χ3n) is 3.54. The monoisotopic (exact) mass is 226 g/mol. The van der Waals surface area contributed by atoms with E-state index in [-0.39, 0.29) is 0 Å². The lowest BCUT2D eigenvalue weighted by molar-refractivity contribution is 1.51. The van der Waals surface area contributed by atoms with Crippen LogP contribution in [0.25, 0.3) is 32.3 Å². The molecule has 0 unspecified atom stereocenters. The summed E-state index contributed by atoms with van der Waals surface area (Å²) in [5.74, 6) is 0. The minimum Gasteiger partial charge on any atom is -0.192 e. The molecule has 0 aliphatic carbocycles. The van der Waals surface area contributed by atoms with Crippen LogP contribution >= 0.6 is 0 Å². The van der Waals surface area contributed by atoms with E-state index in [9.17, 15) is 5.26 Å². The van der Waals surface area contributed by atoms with E-state index >= 15 is 0 Å². The highest BCUT2D eigenvalue weighted by atomic mass is 14.2. The molecule has 0 bridgehead atoms. The number of hydrogen-bond acceptors (Lipinski definition) is 1. The number of hydrogen-bond donors (Lipinski definition) is 0. The summed E-state index contributed by atoms with van der Waals surface area (Å²) in [7, 11) is 0. The maximum atomic E-state index is 9.29. The maximum Gasteiger partial charge on any atom is 0.0998 e. The Hall–Kier alpha value is -2.59. The molecule has 0 heterocycles. The van der Waals surface area contributed by atoms with E-state index in [2.05, 4.69) is 42.5 Å². The SMILES string of the molecule is N#Cc1cc2cccc3ccc4cc[c]c1c4c32. The number of benzene rings is 4. The van der Waals surface area contributed by atoms with Crippen molar-refractivity contribution in [2.75, 3.05) is 0 Å². The molecule has 0 spiro atoms. The first-order chi connectivity index (χ1) is 8.88. The summed E-state index contributed by atoms with van der Waals surface area (Å²) >= 11 is 0. The van der Waals surface area contributed by atoms with E-state index in [1.807, 2.05) is 18.2 Å². The molecule has 0 fully saturated rings. The molecule has 81 valence electrons. The van der Waals surface area contributed by atoms with Gasteiger partial charge in [-0.25, -0.2) is 0 Å². The first-order valence-corrected chi connectivity index (χ1v) is 5.87. The average Bonchev–Trinajstić information content (AvgIpc) is 2.44. The normalized spacial score (nSPS) is 11.3. The molecule has 1 heteroatoms. The highest BCUT2D eigenvalue weighted by Crippen LogP contribution is 2.35. The molecule has 1 nitrogen and oxygen atoms in total. The zero-order chi connectivity index (χ0) is 12.1. The molecular formula is C17H8N. The van der Waals surface area contributed by atoms with Crippen molar-refractivity contribution in [1.82, 2.24) is 0 Å². The predicted molar refractivity (Wildman–Crippen MR) is 73.7 cm³/mol. The van der Waals surface area contributed by atoms with Gasteiger partial charge in [-0.3, -0.25) is 0 Å². The van der Waals surface area contributed by atoms with Crippen LogP contribution < -0.4 is 0 Å². The van der Waals surface area contributed by atoms with Crippen molar-refractivity contribution >= 4 is 32.3 Å². The summed E-state index contributed by atoms with van der Waals surface area (Å²) in [4.78, 5) is 0. The van der Waals surface area contributed by atoms with Gasteiger partial charge in [-0.1, -0.05) is 42.5 Å². The van der Waals surface area contributed by atoms with Gasteiger partial charge in [0.25, 0.3) is 0 Å². The first-order valence-electron chi connectivity index (χ1n) is 5.87. The molecule has 0 N–H and O–H groups in total. The van der Waals surface area contributed by atoms with Gasteiger partial charge in [-0.05, 0) is 39.1 Å². The van der Waals surface area contributed by atoms with E-state index < -0.39 is 0 Å². The maximum absolute atomic E-state index is 9.29. The molecule has 0 aliphatic rings. The van der Waals surface area contributed by atoms with E-state index in [4.69, 9.17) is 0 Å². The molecule has 0 atom stereocenters. The van der Waals surface area contributed by atoms with Crippen molar-refractivity contribution in [2.45, 2.75) is 0 Å². The van der Waals surface area contributed by atoms with E-state index in [1.54, 1.807) is 0 Å². The van der Waals surface area contributed by atoms with Crippen LogP contribution in [-0.2, 0) is 0 Å². The molecule has 4 aromatic rings. The van der Waals surface area contributed by atoms with Crippen LogP contribution in [0.15, 0.2) is 48.5 Å². The summed E-state index contributed by atoms with van der Waals surface area (Å²) in [6.07, 6.45) is 0. The molecule has 4 rings (SSSR count). The molecule has 1 radical (unpaired) electrons. The van der Waals surface area contributed by atoms with Crippen LogP contribution in [0, 0.1) is 17.4 Å². The molecule has 0 aliphatic heterocycles. The van der Waals surface area contributed by atoms with Crippen molar-refractivity contribution in [3.05, 3.63) is 60.2 Å². The van der Waals surface area contributed by atoms with E-state index in [0.29, 0.717) is 5.56 Å². The summed E-state index contributed by atoms with van der Waals surface area (Å²) < 4.78 is 0. The summed E-state index contributed by atoms with van der Waals surface area (Å²) in [6, 6.07) is 21.8. The highest BCUT2D eigenvalue weighted by molar-refractivity contribution is 6.24. The second-order valence-electron chi connectivity index (χ2n) is 4.50. The van der Waals surface area contributed by atoms with Crippen LogP contribution in [0.1, 0.15) is 5.56 Å². The van der Waals surface area contributed by atoms with Crippen molar-refractivity contribution in [2.24, 2.45) is 0 Å². The lowest BCUT2D eigenvalue weighted by atomic mass is 9.92. The van der Waals surface area contributed by atoms with Gasteiger partial charge < -0.3 is 0 Å². The third-order valence-corrected chi connectivity index (χ3v) is 3.54. The number of nitrogens with zero attached hydrogens (tertiary/aromatic N) is 1. The lowest BCUT2D eigenvalue weighted by Gasteiger charge is -2.11. The van der Waals surface area contributed by atoms with Crippen molar-refractivity contribution in [1.29, 1.82) is 5.26 Å². The van der Waals surface area contributed by atoms with Gasteiger partial charge in [0.1, 0.15) is 0 Å². The Bertz CT molecular complexity index is 929. The standard InChI is InChI=1S/C17H8N/c18-10-14-9-13-5-1-3-11-7-8-12-4-2-6-15(14)17(12)16(11)13/h1-5,7-9H. The van der Waals surface area contributed by atoms with Crippen LogP contribution in [0.5, 0.6) is 0 Å². The Morgan fingerprint density at radius 1 is 0.889 bits per heavy atom. The molecule has 0 amide bonds. The minimum absolute atomic E-state index is 0.701.